The van der Waals surface area contributed by atoms with E-state index in [1.165, 1.54) is 26.2 Å². The van der Waals surface area contributed by atoms with Gasteiger partial charge in [-0.05, 0) is 60.9 Å². The molecule has 2 amide bonds. The van der Waals surface area contributed by atoms with Crippen LogP contribution in [0.25, 0.3) is 4.91 Å². The molecule has 2 heterocycles. The Morgan fingerprint density at radius 3 is 2.26 bits per heavy atom. The van der Waals surface area contributed by atoms with Gasteiger partial charge in [-0.3, -0.25) is 9.59 Å². The summed E-state index contributed by atoms with van der Waals surface area (Å²) in [5.41, 5.74) is 1.38. The summed E-state index contributed by atoms with van der Waals surface area (Å²) in [7, 11) is -5.67. The lowest BCUT2D eigenvalue weighted by Crippen LogP contribution is -2.35. The molecular weight excluding hydrogens is 480 g/mol. The smallest absolute Gasteiger partial charge is 0.268 e. The number of sulfonamides is 1. The summed E-state index contributed by atoms with van der Waals surface area (Å²) in [6.07, 6.45) is 0.379. The first kappa shape index (κ1) is 24.0. The maximum atomic E-state index is 13.2. The largest absolute Gasteiger partial charge is 0.497 e. The minimum Gasteiger partial charge on any atom is -0.497 e. The van der Waals surface area contributed by atoms with E-state index in [9.17, 15) is 26.4 Å². The molecule has 0 aromatic heterocycles. The number of methoxy groups -OCH3 is 1. The number of hydrogen-bond donors (Lipinski definition) is 1. The molecule has 0 spiro atoms. The fraction of sp³-hybridized carbons (Fsp3) is 0.304. The normalized spacial score (nSPS) is 21.1. The number of nitrogens with zero attached hydrogens (tertiary/aromatic N) is 1. The minimum absolute atomic E-state index is 0.0392. The molecule has 1 fully saturated rings. The summed E-state index contributed by atoms with van der Waals surface area (Å²) in [5.74, 6) is -0.456. The van der Waals surface area contributed by atoms with Crippen LogP contribution in [-0.4, -0.2) is 57.6 Å². The second-order valence-corrected chi connectivity index (χ2v) is 12.3. The van der Waals surface area contributed by atoms with Crippen LogP contribution in [0.4, 0.5) is 0 Å². The minimum atomic E-state index is -4.06. The van der Waals surface area contributed by atoms with Crippen LogP contribution in [0, 0.1) is 0 Å². The number of amides is 2. The molecule has 9 nitrogen and oxygen atoms in total. The van der Waals surface area contributed by atoms with E-state index < -0.39 is 37.7 Å². The number of rotatable bonds is 6. The number of ether oxygens (including phenoxy) is 1. The fourth-order valence-electron chi connectivity index (χ4n) is 4.07. The van der Waals surface area contributed by atoms with Crippen LogP contribution in [0.2, 0.25) is 0 Å². The summed E-state index contributed by atoms with van der Waals surface area (Å²) in [6.45, 7) is 1.30. The van der Waals surface area contributed by atoms with Gasteiger partial charge in [0.1, 0.15) is 10.7 Å². The van der Waals surface area contributed by atoms with Gasteiger partial charge >= 0.3 is 0 Å². The first-order chi connectivity index (χ1) is 16.0. The molecule has 34 heavy (non-hydrogen) atoms. The summed E-state index contributed by atoms with van der Waals surface area (Å²) < 4.78 is 55.5. The molecule has 2 aromatic carbocycles. The Kier molecular flexibility index (Phi) is 6.26. The highest BCUT2D eigenvalue weighted by Gasteiger charge is 2.42. The molecule has 2 aromatic rings. The molecule has 0 aliphatic carbocycles. The van der Waals surface area contributed by atoms with Gasteiger partial charge in [0.15, 0.2) is 9.84 Å². The van der Waals surface area contributed by atoms with Crippen LogP contribution in [0.15, 0.2) is 54.1 Å². The van der Waals surface area contributed by atoms with Gasteiger partial charge in [-0.2, -0.15) is 0 Å². The number of nitrogens with one attached hydrogen (secondary N) is 1. The van der Waals surface area contributed by atoms with E-state index in [0.29, 0.717) is 28.9 Å². The Balaban J connectivity index is 1.48. The summed E-state index contributed by atoms with van der Waals surface area (Å²) >= 11 is 0. The van der Waals surface area contributed by atoms with Crippen molar-refractivity contribution in [2.75, 3.05) is 18.6 Å². The maximum Gasteiger partial charge on any atom is 0.268 e. The topological polar surface area (TPSA) is 127 Å². The van der Waals surface area contributed by atoms with E-state index in [1.54, 1.807) is 36.4 Å². The lowest BCUT2D eigenvalue weighted by atomic mass is 10.1. The fourth-order valence-corrected chi connectivity index (χ4v) is 7.54. The predicted octanol–water partition coefficient (Wildman–Crippen LogP) is 1.72. The van der Waals surface area contributed by atoms with E-state index in [-0.39, 0.29) is 28.5 Å². The molecule has 2 aliphatic heterocycles. The van der Waals surface area contributed by atoms with Crippen molar-refractivity contribution in [2.45, 2.75) is 25.9 Å². The molecule has 0 saturated carbocycles. The average Bonchev–Trinajstić information content (AvgIpc) is 3.22. The third kappa shape index (κ3) is 4.58. The molecule has 2 aliphatic rings. The molecule has 1 unspecified atom stereocenters. The van der Waals surface area contributed by atoms with Gasteiger partial charge in [-0.25, -0.2) is 21.1 Å². The van der Waals surface area contributed by atoms with Crippen molar-refractivity contribution in [2.24, 2.45) is 0 Å². The Labute approximate surface area is 198 Å². The molecule has 1 N–H and O–H groups in total. The van der Waals surface area contributed by atoms with Crippen molar-refractivity contribution in [3.8, 4) is 5.75 Å². The van der Waals surface area contributed by atoms with Gasteiger partial charge in [-0.15, -0.1) is 0 Å². The van der Waals surface area contributed by atoms with Crippen LogP contribution < -0.4 is 10.1 Å². The molecule has 1 saturated heterocycles. The molecule has 1 atom stereocenters. The van der Waals surface area contributed by atoms with Crippen LogP contribution >= 0.6 is 0 Å². The molecule has 0 radical (unpaired) electrons. The number of benzene rings is 2. The van der Waals surface area contributed by atoms with Crippen LogP contribution in [0.1, 0.15) is 34.8 Å². The molecule has 0 bridgehead atoms. The predicted molar refractivity (Wildman–Crippen MR) is 126 cm³/mol. The highest BCUT2D eigenvalue weighted by atomic mass is 32.2. The highest BCUT2D eigenvalue weighted by Crippen LogP contribution is 2.37. The third-order valence-corrected chi connectivity index (χ3v) is 9.60. The van der Waals surface area contributed by atoms with Crippen molar-refractivity contribution < 1.29 is 31.2 Å². The van der Waals surface area contributed by atoms with Crippen LogP contribution in [0.3, 0.4) is 0 Å². The highest BCUT2D eigenvalue weighted by molar-refractivity contribution is 7.99. The van der Waals surface area contributed by atoms with E-state index in [2.05, 4.69) is 5.32 Å². The Hall–Kier alpha value is -3.18. The number of carbonyl (C=O) groups is 2. The molecule has 11 heteroatoms. The van der Waals surface area contributed by atoms with Crippen molar-refractivity contribution in [1.82, 2.24) is 9.62 Å². The maximum absolute atomic E-state index is 13.2. The van der Waals surface area contributed by atoms with Crippen LogP contribution in [-0.2, 0) is 31.2 Å². The first-order valence-electron chi connectivity index (χ1n) is 10.5. The number of sulfone groups is 1. The van der Waals surface area contributed by atoms with E-state index >= 15 is 0 Å². The lowest BCUT2D eigenvalue weighted by molar-refractivity contribution is -0.122. The number of hydrogen-bond acceptors (Lipinski definition) is 7. The van der Waals surface area contributed by atoms with Crippen molar-refractivity contribution in [3.05, 3.63) is 70.8 Å². The Bertz CT molecular complexity index is 1380. The zero-order chi connectivity index (χ0) is 24.7. The van der Waals surface area contributed by atoms with E-state index in [4.69, 9.17) is 4.74 Å². The van der Waals surface area contributed by atoms with Gasteiger partial charge in [-0.1, -0.05) is 12.1 Å². The van der Waals surface area contributed by atoms with Gasteiger partial charge in [0.25, 0.3) is 21.8 Å². The third-order valence-electron chi connectivity index (χ3n) is 5.90. The zero-order valence-corrected chi connectivity index (χ0v) is 20.3. The van der Waals surface area contributed by atoms with Gasteiger partial charge in [0, 0.05) is 17.2 Å². The monoisotopic (exact) mass is 504 g/mol. The van der Waals surface area contributed by atoms with Crippen molar-refractivity contribution in [1.29, 1.82) is 0 Å². The van der Waals surface area contributed by atoms with Crippen molar-refractivity contribution >= 4 is 36.6 Å². The lowest BCUT2D eigenvalue weighted by Gasteiger charge is -2.17. The quantitative estimate of drug-likeness (QED) is 0.635. The number of carbonyl (C=O) groups excluding carboxylic acids is 2. The summed E-state index contributed by atoms with van der Waals surface area (Å²) in [6, 6.07) is 12.2. The van der Waals surface area contributed by atoms with Gasteiger partial charge in [0.05, 0.1) is 25.2 Å². The van der Waals surface area contributed by atoms with E-state index in [0.717, 1.165) is 4.31 Å². The Morgan fingerprint density at radius 2 is 1.71 bits per heavy atom. The molecular formula is C23H24N2O7S2. The average molecular weight is 505 g/mol. The molecule has 4 rings (SSSR count). The zero-order valence-electron chi connectivity index (χ0n) is 18.6. The summed E-state index contributed by atoms with van der Waals surface area (Å²) in [4.78, 5) is 25.2. The first-order valence-corrected chi connectivity index (χ1v) is 13.8. The standard InChI is InChI=1S/C23H24N2O7S2/c1-15-21(17-7-9-20(32-2)10-8-17)34(30,31)25(23(15)27)13-16-3-5-18(6-4-16)22(26)24-19-11-12-33(28,29)14-19/h3-10,19H,11-14H2,1-2H3,(H,24,26). The van der Waals surface area contributed by atoms with Crippen LogP contribution in [0.5, 0.6) is 5.75 Å². The Morgan fingerprint density at radius 1 is 1.06 bits per heavy atom. The second kappa shape index (κ2) is 8.88. The SMILES string of the molecule is COc1ccc(C2=C(C)C(=O)N(Cc3ccc(C(=O)NC4CCS(=O)(=O)C4)cc3)S2(=O)=O)cc1. The van der Waals surface area contributed by atoms with Gasteiger partial charge < -0.3 is 10.1 Å². The second-order valence-electron chi connectivity index (χ2n) is 8.27. The molecule has 180 valence electrons. The summed E-state index contributed by atoms with van der Waals surface area (Å²) in [5, 5.41) is 2.71. The van der Waals surface area contributed by atoms with Crippen molar-refractivity contribution in [3.63, 3.8) is 0 Å². The van der Waals surface area contributed by atoms with Gasteiger partial charge in [0.2, 0.25) is 0 Å². The van der Waals surface area contributed by atoms with E-state index in [1.807, 2.05) is 0 Å².